The van der Waals surface area contributed by atoms with E-state index in [0.29, 0.717) is 11.3 Å². The summed E-state index contributed by atoms with van der Waals surface area (Å²) >= 11 is 5.78. The summed E-state index contributed by atoms with van der Waals surface area (Å²) in [6, 6.07) is 0. The molecule has 0 spiro atoms. The third-order valence-corrected chi connectivity index (χ3v) is 3.86. The van der Waals surface area contributed by atoms with Crippen molar-refractivity contribution in [3.8, 4) is 0 Å². The van der Waals surface area contributed by atoms with Crippen LogP contribution in [0.3, 0.4) is 0 Å². The maximum atomic E-state index is 5.78. The molecule has 1 heterocycles. The molecule has 0 radical (unpaired) electrons. The Balaban J connectivity index is 2.12. The molecule has 1 aliphatic carbocycles. The van der Waals surface area contributed by atoms with E-state index in [1.54, 1.807) is 0 Å². The van der Waals surface area contributed by atoms with Gasteiger partial charge in [0.05, 0.1) is 12.4 Å². The van der Waals surface area contributed by atoms with E-state index < -0.39 is 0 Å². The Morgan fingerprint density at radius 3 is 2.73 bits per heavy atom. The van der Waals surface area contributed by atoms with Crippen LogP contribution in [0.25, 0.3) is 0 Å². The van der Waals surface area contributed by atoms with Gasteiger partial charge in [-0.05, 0) is 35.1 Å². The fourth-order valence-corrected chi connectivity index (χ4v) is 2.70. The van der Waals surface area contributed by atoms with Gasteiger partial charge in [-0.1, -0.05) is 19.8 Å². The van der Waals surface area contributed by atoms with Gasteiger partial charge in [0.15, 0.2) is 5.82 Å². The van der Waals surface area contributed by atoms with E-state index >= 15 is 0 Å². The molecule has 84 valence electrons. The van der Waals surface area contributed by atoms with Crippen molar-refractivity contribution in [2.24, 2.45) is 5.41 Å². The highest BCUT2D eigenvalue weighted by Gasteiger charge is 2.33. The number of halogens is 1. The first-order valence-corrected chi connectivity index (χ1v) is 6.14. The molecule has 4 nitrogen and oxygen atoms in total. The number of hydrogen-bond donors (Lipinski definition) is 0. The monoisotopic (exact) mass is 228 g/mol. The van der Waals surface area contributed by atoms with Crippen LogP contribution >= 0.6 is 11.6 Å². The first-order chi connectivity index (χ1) is 7.29. The fourth-order valence-electron chi connectivity index (χ4n) is 2.51. The summed E-state index contributed by atoms with van der Waals surface area (Å²) in [4.78, 5) is 0. The summed E-state index contributed by atoms with van der Waals surface area (Å²) in [5.74, 6) is 1.18. The van der Waals surface area contributed by atoms with Crippen molar-refractivity contribution in [1.82, 2.24) is 20.2 Å². The Hall–Kier alpha value is -0.640. The van der Waals surface area contributed by atoms with Crippen LogP contribution in [0.15, 0.2) is 0 Å². The SMILES string of the molecule is CCC1(Cn2nnnc2CCl)CCCC1. The van der Waals surface area contributed by atoms with Gasteiger partial charge in [0, 0.05) is 0 Å². The van der Waals surface area contributed by atoms with Gasteiger partial charge in [0.25, 0.3) is 0 Å². The lowest BCUT2D eigenvalue weighted by molar-refractivity contribution is 0.222. The van der Waals surface area contributed by atoms with Crippen molar-refractivity contribution < 1.29 is 0 Å². The standard InChI is InChI=1S/C10H17ClN4/c1-2-10(5-3-4-6-10)8-15-9(7-11)12-13-14-15/h2-8H2,1H3. The normalized spacial score (nSPS) is 19.6. The van der Waals surface area contributed by atoms with E-state index in [1.165, 1.54) is 32.1 Å². The molecule has 0 bridgehead atoms. The minimum Gasteiger partial charge on any atom is -0.228 e. The van der Waals surface area contributed by atoms with Crippen molar-refractivity contribution in [3.63, 3.8) is 0 Å². The second-order valence-electron chi connectivity index (χ2n) is 4.45. The molecule has 1 aromatic heterocycles. The highest BCUT2D eigenvalue weighted by Crippen LogP contribution is 2.42. The van der Waals surface area contributed by atoms with Gasteiger partial charge in [0.1, 0.15) is 0 Å². The minimum atomic E-state index is 0.396. The molecule has 0 atom stereocenters. The molecular weight excluding hydrogens is 212 g/mol. The van der Waals surface area contributed by atoms with Crippen LogP contribution in [0, 0.1) is 5.41 Å². The molecule has 0 N–H and O–H groups in total. The number of rotatable bonds is 4. The highest BCUT2D eigenvalue weighted by atomic mass is 35.5. The maximum absolute atomic E-state index is 5.78. The van der Waals surface area contributed by atoms with Crippen LogP contribution in [0.2, 0.25) is 0 Å². The summed E-state index contributed by atoms with van der Waals surface area (Å²) in [6.45, 7) is 3.19. The summed E-state index contributed by atoms with van der Waals surface area (Å²) in [5.41, 5.74) is 0.413. The van der Waals surface area contributed by atoms with Crippen LogP contribution in [0.4, 0.5) is 0 Å². The summed E-state index contributed by atoms with van der Waals surface area (Å²) < 4.78 is 1.88. The van der Waals surface area contributed by atoms with Crippen molar-refractivity contribution >= 4 is 11.6 Å². The molecule has 1 aliphatic rings. The van der Waals surface area contributed by atoms with E-state index in [4.69, 9.17) is 11.6 Å². The lowest BCUT2D eigenvalue weighted by Crippen LogP contribution is -2.24. The first-order valence-electron chi connectivity index (χ1n) is 5.61. The third-order valence-electron chi connectivity index (χ3n) is 3.62. The first kappa shape index (κ1) is 10.9. The molecule has 0 aliphatic heterocycles. The Morgan fingerprint density at radius 2 is 2.13 bits per heavy atom. The number of hydrogen-bond acceptors (Lipinski definition) is 3. The highest BCUT2D eigenvalue weighted by molar-refractivity contribution is 6.16. The van der Waals surface area contributed by atoms with Crippen molar-refractivity contribution in [2.75, 3.05) is 0 Å². The van der Waals surface area contributed by atoms with Gasteiger partial charge >= 0.3 is 0 Å². The van der Waals surface area contributed by atoms with E-state index in [-0.39, 0.29) is 0 Å². The minimum absolute atomic E-state index is 0.396. The zero-order valence-corrected chi connectivity index (χ0v) is 9.87. The zero-order chi connectivity index (χ0) is 10.7. The fraction of sp³-hybridized carbons (Fsp3) is 0.900. The molecule has 5 heteroatoms. The molecule has 0 amide bonds. The smallest absolute Gasteiger partial charge is 0.166 e. The van der Waals surface area contributed by atoms with Crippen LogP contribution in [-0.2, 0) is 12.4 Å². The van der Waals surface area contributed by atoms with Crippen LogP contribution in [-0.4, -0.2) is 20.2 Å². The predicted molar refractivity (Wildman–Crippen MR) is 58.6 cm³/mol. The molecule has 2 rings (SSSR count). The van der Waals surface area contributed by atoms with Gasteiger partial charge in [-0.2, -0.15) is 0 Å². The van der Waals surface area contributed by atoms with Gasteiger partial charge in [-0.15, -0.1) is 16.7 Å². The summed E-state index contributed by atoms with van der Waals surface area (Å²) in [6.07, 6.45) is 6.48. The molecule has 1 aromatic rings. The number of tetrazole rings is 1. The third kappa shape index (κ3) is 2.14. The Kier molecular flexibility index (Phi) is 3.24. The van der Waals surface area contributed by atoms with Crippen molar-refractivity contribution in [2.45, 2.75) is 51.5 Å². The van der Waals surface area contributed by atoms with E-state index in [2.05, 4.69) is 22.4 Å². The molecule has 0 saturated heterocycles. The largest absolute Gasteiger partial charge is 0.228 e. The second-order valence-corrected chi connectivity index (χ2v) is 4.71. The van der Waals surface area contributed by atoms with Crippen molar-refractivity contribution in [3.05, 3.63) is 5.82 Å². The van der Waals surface area contributed by atoms with Crippen LogP contribution < -0.4 is 0 Å². The quantitative estimate of drug-likeness (QED) is 0.744. The topological polar surface area (TPSA) is 43.6 Å². The molecule has 0 unspecified atom stereocenters. The predicted octanol–water partition coefficient (Wildman–Crippen LogP) is 2.38. The number of nitrogens with zero attached hydrogens (tertiary/aromatic N) is 4. The van der Waals surface area contributed by atoms with Gasteiger partial charge in [-0.25, -0.2) is 4.68 Å². The van der Waals surface area contributed by atoms with E-state index in [9.17, 15) is 0 Å². The Morgan fingerprint density at radius 1 is 1.40 bits per heavy atom. The van der Waals surface area contributed by atoms with Gasteiger partial charge in [0.2, 0.25) is 0 Å². The lowest BCUT2D eigenvalue weighted by Gasteiger charge is -2.27. The molecular formula is C10H17ClN4. The molecule has 1 saturated carbocycles. The summed E-state index contributed by atoms with van der Waals surface area (Å²) in [7, 11) is 0. The average Bonchev–Trinajstić information content (AvgIpc) is 2.88. The zero-order valence-electron chi connectivity index (χ0n) is 9.12. The lowest BCUT2D eigenvalue weighted by atomic mass is 9.83. The maximum Gasteiger partial charge on any atom is 0.166 e. The van der Waals surface area contributed by atoms with Crippen molar-refractivity contribution in [1.29, 1.82) is 0 Å². The van der Waals surface area contributed by atoms with Crippen LogP contribution in [0.5, 0.6) is 0 Å². The van der Waals surface area contributed by atoms with Gasteiger partial charge in [-0.3, -0.25) is 0 Å². The molecule has 15 heavy (non-hydrogen) atoms. The van der Waals surface area contributed by atoms with Gasteiger partial charge < -0.3 is 0 Å². The molecule has 0 aromatic carbocycles. The van der Waals surface area contributed by atoms with E-state index in [0.717, 1.165) is 12.4 Å². The summed E-state index contributed by atoms with van der Waals surface area (Å²) in [5, 5.41) is 11.6. The average molecular weight is 229 g/mol. The number of alkyl halides is 1. The second kappa shape index (κ2) is 4.47. The van der Waals surface area contributed by atoms with E-state index in [1.807, 2.05) is 4.68 Å². The Labute approximate surface area is 95.0 Å². The van der Waals surface area contributed by atoms with Crippen LogP contribution in [0.1, 0.15) is 44.9 Å². The Bertz CT molecular complexity index is 317. The number of aromatic nitrogens is 4. The molecule has 1 fully saturated rings.